The fourth-order valence-electron chi connectivity index (χ4n) is 10.8. The molecule has 0 radical (unpaired) electrons. The Morgan fingerprint density at radius 2 is 0.915 bits per heavy atom. The van der Waals surface area contributed by atoms with Gasteiger partial charge in [0.25, 0.3) is 0 Å². The van der Waals surface area contributed by atoms with Crippen LogP contribution in [0, 0.1) is 0 Å². The van der Waals surface area contributed by atoms with E-state index in [1.165, 1.54) is 55.6 Å². The summed E-state index contributed by atoms with van der Waals surface area (Å²) in [6, 6.07) is 63.3. The van der Waals surface area contributed by atoms with E-state index in [2.05, 4.69) is 159 Å². The Hall–Kier alpha value is -7.43. The van der Waals surface area contributed by atoms with E-state index in [-0.39, 0.29) is 5.41 Å². The van der Waals surface area contributed by atoms with Gasteiger partial charge in [-0.15, -0.1) is 0 Å². The van der Waals surface area contributed by atoms with Crippen LogP contribution in [0.4, 0.5) is 0 Å². The van der Waals surface area contributed by atoms with Crippen LogP contribution in [0.1, 0.15) is 47.2 Å². The lowest BCUT2D eigenvalue weighted by Crippen LogP contribution is -2.25. The van der Waals surface area contributed by atoms with Crippen LogP contribution in [0.3, 0.4) is 0 Å². The molecule has 4 nitrogen and oxygen atoms in total. The van der Waals surface area contributed by atoms with Crippen molar-refractivity contribution in [1.82, 2.24) is 15.0 Å². The highest BCUT2D eigenvalue weighted by Gasteiger charge is 2.51. The molecule has 13 rings (SSSR count). The summed E-state index contributed by atoms with van der Waals surface area (Å²) in [5.41, 5.74) is 19.0. The van der Waals surface area contributed by atoms with Gasteiger partial charge in [0.05, 0.1) is 5.41 Å². The monoisotopic (exact) mass is 753 g/mol. The van der Waals surface area contributed by atoms with Gasteiger partial charge in [0.1, 0.15) is 11.2 Å². The standard InChI is InChI=1S/C55H35N3O/c1-54(2)45-25-14-21-39(50(45)41-31-49-40(30-46(41)54)38-20-9-13-26-48(38)59-49)53-57-51(32-15-4-3-5-16-32)56-52(58-53)33-27-28-37-36-19-8-12-24-44(36)55(47(37)29-33)42-22-10-6-17-34(42)35-18-7-11-23-43(35)55/h3-31H,1-2H3. The lowest BCUT2D eigenvalue weighted by molar-refractivity contribution is 0.658. The van der Waals surface area contributed by atoms with Crippen molar-refractivity contribution in [2.24, 2.45) is 0 Å². The summed E-state index contributed by atoms with van der Waals surface area (Å²) in [4.78, 5) is 16.0. The minimum atomic E-state index is -0.467. The van der Waals surface area contributed by atoms with E-state index in [0.29, 0.717) is 17.5 Å². The lowest BCUT2D eigenvalue weighted by atomic mass is 9.70. The van der Waals surface area contributed by atoms with Gasteiger partial charge in [0, 0.05) is 32.9 Å². The van der Waals surface area contributed by atoms with Crippen LogP contribution in [0.15, 0.2) is 180 Å². The first-order valence-electron chi connectivity index (χ1n) is 20.4. The molecule has 0 fully saturated rings. The normalized spacial score (nSPS) is 14.5. The smallest absolute Gasteiger partial charge is 0.164 e. The molecule has 276 valence electrons. The van der Waals surface area contributed by atoms with Crippen molar-refractivity contribution < 1.29 is 4.42 Å². The van der Waals surface area contributed by atoms with Crippen molar-refractivity contribution in [3.8, 4) is 67.5 Å². The van der Waals surface area contributed by atoms with Crippen LogP contribution in [-0.4, -0.2) is 15.0 Å². The zero-order chi connectivity index (χ0) is 39.0. The van der Waals surface area contributed by atoms with E-state index < -0.39 is 5.41 Å². The number of benzene rings is 8. The first-order valence-corrected chi connectivity index (χ1v) is 20.4. The highest BCUT2D eigenvalue weighted by atomic mass is 16.3. The number of furan rings is 1. The Morgan fingerprint density at radius 1 is 0.356 bits per heavy atom. The molecule has 10 aromatic rings. The topological polar surface area (TPSA) is 51.8 Å². The zero-order valence-electron chi connectivity index (χ0n) is 32.5. The average Bonchev–Trinajstić information content (AvgIpc) is 3.97. The van der Waals surface area contributed by atoms with Crippen molar-refractivity contribution in [3.63, 3.8) is 0 Å². The molecule has 3 aliphatic rings. The largest absolute Gasteiger partial charge is 0.456 e. The molecule has 8 aromatic carbocycles. The molecule has 0 N–H and O–H groups in total. The number of aromatic nitrogens is 3. The van der Waals surface area contributed by atoms with E-state index in [9.17, 15) is 0 Å². The van der Waals surface area contributed by atoms with E-state index in [1.807, 2.05) is 30.3 Å². The van der Waals surface area contributed by atoms with Crippen molar-refractivity contribution in [2.45, 2.75) is 24.7 Å². The molecule has 2 aromatic heterocycles. The number of para-hydroxylation sites is 1. The van der Waals surface area contributed by atoms with Gasteiger partial charge >= 0.3 is 0 Å². The highest BCUT2D eigenvalue weighted by Crippen LogP contribution is 2.63. The van der Waals surface area contributed by atoms with E-state index >= 15 is 0 Å². The average molecular weight is 754 g/mol. The summed E-state index contributed by atoms with van der Waals surface area (Å²) in [7, 11) is 0. The Balaban J connectivity index is 1.05. The van der Waals surface area contributed by atoms with Crippen molar-refractivity contribution in [3.05, 3.63) is 209 Å². The maximum absolute atomic E-state index is 6.46. The summed E-state index contributed by atoms with van der Waals surface area (Å²) >= 11 is 0. The Labute approximate surface area is 341 Å². The lowest BCUT2D eigenvalue weighted by Gasteiger charge is -2.30. The molecule has 3 aliphatic carbocycles. The molecular weight excluding hydrogens is 719 g/mol. The summed E-state index contributed by atoms with van der Waals surface area (Å²) in [6.45, 7) is 4.64. The van der Waals surface area contributed by atoms with Crippen molar-refractivity contribution in [1.29, 1.82) is 0 Å². The van der Waals surface area contributed by atoms with Gasteiger partial charge in [-0.05, 0) is 91.0 Å². The van der Waals surface area contributed by atoms with Crippen LogP contribution in [0.5, 0.6) is 0 Å². The summed E-state index contributed by atoms with van der Waals surface area (Å²) < 4.78 is 6.46. The quantitative estimate of drug-likeness (QED) is 0.180. The predicted octanol–water partition coefficient (Wildman–Crippen LogP) is 13.4. The van der Waals surface area contributed by atoms with Gasteiger partial charge in [-0.25, -0.2) is 15.0 Å². The minimum Gasteiger partial charge on any atom is -0.456 e. The van der Waals surface area contributed by atoms with Gasteiger partial charge in [-0.2, -0.15) is 0 Å². The Bertz CT molecular complexity index is 3370. The van der Waals surface area contributed by atoms with E-state index in [4.69, 9.17) is 19.4 Å². The summed E-state index contributed by atoms with van der Waals surface area (Å²) in [5, 5.41) is 2.27. The molecule has 2 heterocycles. The first-order chi connectivity index (χ1) is 29.0. The second-order valence-electron chi connectivity index (χ2n) is 16.7. The van der Waals surface area contributed by atoms with Crippen LogP contribution in [0.25, 0.3) is 89.5 Å². The first kappa shape index (κ1) is 32.6. The van der Waals surface area contributed by atoms with Crippen molar-refractivity contribution >= 4 is 21.9 Å². The second-order valence-corrected chi connectivity index (χ2v) is 16.7. The highest BCUT2D eigenvalue weighted by molar-refractivity contribution is 6.08. The zero-order valence-corrected chi connectivity index (χ0v) is 32.5. The second kappa shape index (κ2) is 11.6. The fraction of sp³-hybridized carbons (Fsp3) is 0.0727. The predicted molar refractivity (Wildman–Crippen MR) is 237 cm³/mol. The van der Waals surface area contributed by atoms with Gasteiger partial charge in [-0.3, -0.25) is 0 Å². The third kappa shape index (κ3) is 4.25. The maximum atomic E-state index is 6.46. The third-order valence-corrected chi connectivity index (χ3v) is 13.4. The maximum Gasteiger partial charge on any atom is 0.164 e. The molecule has 1 spiro atoms. The SMILES string of the molecule is CC1(C)c2cc3c(cc2-c2c(-c4nc(-c5ccccc5)nc(-c5ccc6c(c5)C5(c7ccccc7-c7ccccc75)c5ccccc5-6)n4)cccc21)oc1ccccc13. The molecule has 4 heteroatoms. The number of hydrogen-bond donors (Lipinski definition) is 0. The number of rotatable bonds is 3. The molecular formula is C55H35N3O. The van der Waals surface area contributed by atoms with Crippen LogP contribution in [0.2, 0.25) is 0 Å². The molecule has 0 unspecified atom stereocenters. The molecule has 0 amide bonds. The molecule has 0 saturated carbocycles. The van der Waals surface area contributed by atoms with Gasteiger partial charge < -0.3 is 4.42 Å². The molecule has 0 saturated heterocycles. The van der Waals surface area contributed by atoms with E-state index in [0.717, 1.165) is 49.8 Å². The third-order valence-electron chi connectivity index (χ3n) is 13.4. The van der Waals surface area contributed by atoms with Crippen LogP contribution in [-0.2, 0) is 10.8 Å². The van der Waals surface area contributed by atoms with E-state index in [1.54, 1.807) is 0 Å². The van der Waals surface area contributed by atoms with Crippen LogP contribution >= 0.6 is 0 Å². The minimum absolute atomic E-state index is 0.247. The van der Waals surface area contributed by atoms with Gasteiger partial charge in [-0.1, -0.05) is 166 Å². The Morgan fingerprint density at radius 3 is 1.63 bits per heavy atom. The summed E-state index contributed by atoms with van der Waals surface area (Å²) in [5.74, 6) is 1.93. The fourth-order valence-corrected chi connectivity index (χ4v) is 10.8. The number of nitrogens with zero attached hydrogens (tertiary/aromatic N) is 3. The van der Waals surface area contributed by atoms with Crippen molar-refractivity contribution in [2.75, 3.05) is 0 Å². The molecule has 0 atom stereocenters. The molecule has 59 heavy (non-hydrogen) atoms. The molecule has 0 aliphatic heterocycles. The van der Waals surface area contributed by atoms with Gasteiger partial charge in [0.2, 0.25) is 0 Å². The number of hydrogen-bond acceptors (Lipinski definition) is 4. The summed E-state index contributed by atoms with van der Waals surface area (Å²) in [6.07, 6.45) is 0. The van der Waals surface area contributed by atoms with Gasteiger partial charge in [0.15, 0.2) is 17.5 Å². The molecule has 0 bridgehead atoms. The number of fused-ring (bicyclic) bond motifs is 16. The Kier molecular flexibility index (Phi) is 6.41. The van der Waals surface area contributed by atoms with Crippen LogP contribution < -0.4 is 0 Å².